The van der Waals surface area contributed by atoms with Crippen LogP contribution >= 0.6 is 0 Å². The lowest BCUT2D eigenvalue weighted by Gasteiger charge is -2.21. The Labute approximate surface area is 170 Å². The molecule has 0 aromatic heterocycles. The molecule has 4 rings (SSSR count). The molecule has 3 aromatic rings. The quantitative estimate of drug-likeness (QED) is 0.717. The van der Waals surface area contributed by atoms with Crippen molar-refractivity contribution < 1.29 is 14.3 Å². The molecule has 148 valence electrons. The molecule has 1 heterocycles. The number of amides is 2. The van der Waals surface area contributed by atoms with Crippen molar-refractivity contribution in [3.05, 3.63) is 72.3 Å². The van der Waals surface area contributed by atoms with E-state index < -0.39 is 0 Å². The zero-order chi connectivity index (χ0) is 20.4. The van der Waals surface area contributed by atoms with Crippen molar-refractivity contribution in [2.24, 2.45) is 5.92 Å². The summed E-state index contributed by atoms with van der Waals surface area (Å²) in [4.78, 5) is 27.1. The second-order valence-electron chi connectivity index (χ2n) is 7.38. The number of nitrogens with one attached hydrogen (secondary N) is 1. The molecule has 0 bridgehead atoms. The zero-order valence-corrected chi connectivity index (χ0v) is 16.6. The van der Waals surface area contributed by atoms with Crippen molar-refractivity contribution in [2.45, 2.75) is 19.4 Å². The van der Waals surface area contributed by atoms with E-state index in [0.29, 0.717) is 18.0 Å². The van der Waals surface area contributed by atoms with Crippen molar-refractivity contribution in [1.82, 2.24) is 5.32 Å². The van der Waals surface area contributed by atoms with Gasteiger partial charge in [0, 0.05) is 13.0 Å². The Balaban J connectivity index is 1.50. The number of methoxy groups -OCH3 is 1. The molecule has 0 saturated carbocycles. The Morgan fingerprint density at radius 3 is 2.62 bits per heavy atom. The van der Waals surface area contributed by atoms with Crippen molar-refractivity contribution in [1.29, 1.82) is 0 Å². The third kappa shape index (κ3) is 3.68. The van der Waals surface area contributed by atoms with Crippen molar-refractivity contribution in [3.63, 3.8) is 0 Å². The van der Waals surface area contributed by atoms with E-state index in [1.165, 1.54) is 0 Å². The van der Waals surface area contributed by atoms with Crippen LogP contribution in [0.1, 0.15) is 24.9 Å². The highest BCUT2D eigenvalue weighted by molar-refractivity contribution is 6.01. The van der Waals surface area contributed by atoms with Crippen LogP contribution in [0.15, 0.2) is 66.7 Å². The van der Waals surface area contributed by atoms with E-state index in [-0.39, 0.29) is 30.2 Å². The van der Waals surface area contributed by atoms with Gasteiger partial charge < -0.3 is 15.0 Å². The van der Waals surface area contributed by atoms with Crippen molar-refractivity contribution in [3.8, 4) is 5.75 Å². The average molecular weight is 388 g/mol. The summed E-state index contributed by atoms with van der Waals surface area (Å²) in [6, 6.07) is 21.5. The fourth-order valence-corrected chi connectivity index (χ4v) is 4.01. The van der Waals surface area contributed by atoms with Crippen LogP contribution in [0.3, 0.4) is 0 Å². The van der Waals surface area contributed by atoms with E-state index in [2.05, 4.69) is 23.5 Å². The maximum atomic E-state index is 12.9. The minimum absolute atomic E-state index is 0.0625. The normalized spacial score (nSPS) is 17.4. The molecule has 5 nitrogen and oxygen atoms in total. The van der Waals surface area contributed by atoms with E-state index in [1.54, 1.807) is 12.0 Å². The number of anilines is 1. The minimum atomic E-state index is -0.384. The van der Waals surface area contributed by atoms with Crippen LogP contribution in [-0.2, 0) is 9.59 Å². The van der Waals surface area contributed by atoms with Gasteiger partial charge in [0.25, 0.3) is 0 Å². The third-order valence-electron chi connectivity index (χ3n) is 5.52. The van der Waals surface area contributed by atoms with Gasteiger partial charge in [0.1, 0.15) is 5.75 Å². The molecule has 2 amide bonds. The molecule has 0 unspecified atom stereocenters. The second-order valence-corrected chi connectivity index (χ2v) is 7.38. The Morgan fingerprint density at radius 1 is 1.07 bits per heavy atom. The molecule has 0 radical (unpaired) electrons. The second kappa shape index (κ2) is 7.95. The average Bonchev–Trinajstić information content (AvgIpc) is 3.14. The largest absolute Gasteiger partial charge is 0.495 e. The number of carbonyl (C=O) groups excluding carboxylic acids is 2. The van der Waals surface area contributed by atoms with E-state index >= 15 is 0 Å². The number of para-hydroxylation sites is 2. The first-order valence-corrected chi connectivity index (χ1v) is 9.80. The summed E-state index contributed by atoms with van der Waals surface area (Å²) >= 11 is 0. The summed E-state index contributed by atoms with van der Waals surface area (Å²) in [7, 11) is 1.58. The molecule has 3 aromatic carbocycles. The summed E-state index contributed by atoms with van der Waals surface area (Å²) in [6.45, 7) is 2.34. The van der Waals surface area contributed by atoms with Gasteiger partial charge in [-0.05, 0) is 35.4 Å². The number of fused-ring (bicyclic) bond motifs is 1. The number of ether oxygens (including phenoxy) is 1. The number of nitrogens with zero attached hydrogens (tertiary/aromatic N) is 1. The molecular formula is C24H24N2O3. The summed E-state index contributed by atoms with van der Waals surface area (Å²) in [5, 5.41) is 5.37. The van der Waals surface area contributed by atoms with Crippen LogP contribution < -0.4 is 15.0 Å². The van der Waals surface area contributed by atoms with E-state index in [0.717, 1.165) is 16.3 Å². The zero-order valence-electron chi connectivity index (χ0n) is 16.6. The first-order valence-electron chi connectivity index (χ1n) is 9.80. The van der Waals surface area contributed by atoms with E-state index in [4.69, 9.17) is 4.74 Å². The lowest BCUT2D eigenvalue weighted by molar-refractivity contribution is -0.126. The lowest BCUT2D eigenvalue weighted by atomic mass is 9.99. The third-order valence-corrected chi connectivity index (χ3v) is 5.52. The smallest absolute Gasteiger partial charge is 0.227 e. The maximum Gasteiger partial charge on any atom is 0.227 e. The molecule has 1 aliphatic rings. The van der Waals surface area contributed by atoms with Crippen molar-refractivity contribution >= 4 is 28.3 Å². The SMILES string of the molecule is COc1ccccc1N1C[C@@H](C(=O)N[C@@H](C)c2cccc3ccccc23)CC1=O. The fraction of sp³-hybridized carbons (Fsp3) is 0.250. The van der Waals surface area contributed by atoms with Gasteiger partial charge in [0.2, 0.25) is 11.8 Å². The number of carbonyl (C=O) groups is 2. The molecule has 1 N–H and O–H groups in total. The van der Waals surface area contributed by atoms with Crippen LogP contribution in [-0.4, -0.2) is 25.5 Å². The molecule has 1 fully saturated rings. The Morgan fingerprint density at radius 2 is 1.79 bits per heavy atom. The highest BCUT2D eigenvalue weighted by Crippen LogP contribution is 2.33. The number of rotatable bonds is 5. The fourth-order valence-electron chi connectivity index (χ4n) is 4.01. The van der Waals surface area contributed by atoms with Gasteiger partial charge in [0.15, 0.2) is 0 Å². The van der Waals surface area contributed by atoms with Crippen LogP contribution in [0, 0.1) is 5.92 Å². The van der Waals surface area contributed by atoms with Crippen LogP contribution in [0.5, 0.6) is 5.75 Å². The molecule has 5 heteroatoms. The summed E-state index contributed by atoms with van der Waals surface area (Å²) in [5.41, 5.74) is 1.78. The van der Waals surface area contributed by atoms with Gasteiger partial charge in [0.05, 0.1) is 24.8 Å². The first-order chi connectivity index (χ1) is 14.1. The highest BCUT2D eigenvalue weighted by Gasteiger charge is 2.36. The van der Waals surface area contributed by atoms with Gasteiger partial charge in [-0.1, -0.05) is 54.6 Å². The Bertz CT molecular complexity index is 1060. The van der Waals surface area contributed by atoms with Gasteiger partial charge in [-0.3, -0.25) is 9.59 Å². The summed E-state index contributed by atoms with van der Waals surface area (Å²) in [5.74, 6) is 0.0829. The Kier molecular flexibility index (Phi) is 5.21. The van der Waals surface area contributed by atoms with Gasteiger partial charge in [-0.2, -0.15) is 0 Å². The van der Waals surface area contributed by atoms with Gasteiger partial charge in [-0.15, -0.1) is 0 Å². The van der Waals surface area contributed by atoms with Crippen LogP contribution in [0.2, 0.25) is 0 Å². The minimum Gasteiger partial charge on any atom is -0.495 e. The molecule has 0 aliphatic carbocycles. The van der Waals surface area contributed by atoms with Crippen molar-refractivity contribution in [2.75, 3.05) is 18.6 Å². The molecule has 2 atom stereocenters. The van der Waals surface area contributed by atoms with E-state index in [1.807, 2.05) is 55.5 Å². The first kappa shape index (κ1) is 19.0. The maximum absolute atomic E-state index is 12.9. The molecule has 1 saturated heterocycles. The van der Waals surface area contributed by atoms with Gasteiger partial charge >= 0.3 is 0 Å². The molecule has 1 aliphatic heterocycles. The van der Waals surface area contributed by atoms with E-state index in [9.17, 15) is 9.59 Å². The topological polar surface area (TPSA) is 58.6 Å². The van der Waals surface area contributed by atoms with Crippen LogP contribution in [0.25, 0.3) is 10.8 Å². The molecule has 0 spiro atoms. The molecule has 29 heavy (non-hydrogen) atoms. The van der Waals surface area contributed by atoms with Crippen LogP contribution in [0.4, 0.5) is 5.69 Å². The number of hydrogen-bond donors (Lipinski definition) is 1. The summed E-state index contributed by atoms with van der Waals surface area (Å²) in [6.07, 6.45) is 0.201. The number of hydrogen-bond acceptors (Lipinski definition) is 3. The predicted molar refractivity (Wildman–Crippen MR) is 114 cm³/mol. The predicted octanol–water partition coefficient (Wildman–Crippen LogP) is 4.08. The summed E-state index contributed by atoms with van der Waals surface area (Å²) < 4.78 is 5.37. The van der Waals surface area contributed by atoms with Gasteiger partial charge in [-0.25, -0.2) is 0 Å². The Hall–Kier alpha value is -3.34. The highest BCUT2D eigenvalue weighted by atomic mass is 16.5. The lowest BCUT2D eigenvalue weighted by Crippen LogP contribution is -2.34. The monoisotopic (exact) mass is 388 g/mol. The number of benzene rings is 3. The molecular weight excluding hydrogens is 364 g/mol. The standard InChI is InChI=1S/C24H24N2O3/c1-16(19-11-7-9-17-8-3-4-10-20(17)19)25-24(28)18-14-23(27)26(15-18)21-12-5-6-13-22(21)29-2/h3-13,16,18H,14-15H2,1-2H3,(H,25,28)/t16-,18-/m0/s1.